The molecule has 1 aliphatic rings. The second-order valence-corrected chi connectivity index (χ2v) is 5.33. The van der Waals surface area contributed by atoms with Crippen molar-refractivity contribution in [3.63, 3.8) is 0 Å². The smallest absolute Gasteiger partial charge is 0.338 e. The number of benzene rings is 1. The molecular formula is C18H20O6. The van der Waals surface area contributed by atoms with Gasteiger partial charge in [0.05, 0.1) is 12.7 Å². The van der Waals surface area contributed by atoms with Crippen molar-refractivity contribution in [3.05, 3.63) is 53.6 Å². The summed E-state index contributed by atoms with van der Waals surface area (Å²) in [5.74, 6) is -0.807. The Balaban J connectivity index is 2.03. The molecule has 2 atom stereocenters. The van der Waals surface area contributed by atoms with Crippen molar-refractivity contribution >= 4 is 11.9 Å². The Bertz CT molecular complexity index is 644. The van der Waals surface area contributed by atoms with Crippen LogP contribution in [0.4, 0.5) is 0 Å². The van der Waals surface area contributed by atoms with E-state index < -0.39 is 24.1 Å². The van der Waals surface area contributed by atoms with Crippen molar-refractivity contribution in [2.75, 3.05) is 14.2 Å². The number of hydrogen-bond acceptors (Lipinski definition) is 6. The zero-order chi connectivity index (χ0) is 17.5. The maximum Gasteiger partial charge on any atom is 0.338 e. The van der Waals surface area contributed by atoms with Crippen molar-refractivity contribution in [2.45, 2.75) is 25.0 Å². The molecular weight excluding hydrogens is 312 g/mol. The van der Waals surface area contributed by atoms with E-state index >= 15 is 0 Å². The molecule has 1 N–H and O–H groups in total. The van der Waals surface area contributed by atoms with Crippen LogP contribution in [0.25, 0.3) is 0 Å². The van der Waals surface area contributed by atoms with Gasteiger partial charge in [0.2, 0.25) is 0 Å². The van der Waals surface area contributed by atoms with Crippen LogP contribution < -0.4 is 0 Å². The molecule has 0 spiro atoms. The van der Waals surface area contributed by atoms with Crippen LogP contribution in [0.2, 0.25) is 0 Å². The van der Waals surface area contributed by atoms with Gasteiger partial charge < -0.3 is 19.3 Å². The molecule has 6 heteroatoms. The highest BCUT2D eigenvalue weighted by Gasteiger charge is 2.28. The fraction of sp³-hybridized carbons (Fsp3) is 0.333. The standard InChI is InChI=1S/C18H20O6/c1-22-16-11-12(4-10-17(20)23-2)3-9-15(16)24-18(21)13-5-7-14(19)8-6-13/h4-8,10-11,15-16,19H,3,9H2,1-2H3. The highest BCUT2D eigenvalue weighted by Crippen LogP contribution is 2.25. The van der Waals surface area contributed by atoms with Gasteiger partial charge in [0.25, 0.3) is 0 Å². The molecule has 1 aromatic carbocycles. The van der Waals surface area contributed by atoms with Gasteiger partial charge in [-0.2, -0.15) is 0 Å². The first kappa shape index (κ1) is 17.7. The lowest BCUT2D eigenvalue weighted by Gasteiger charge is -2.28. The van der Waals surface area contributed by atoms with Crippen molar-refractivity contribution in [1.29, 1.82) is 0 Å². The molecule has 6 nitrogen and oxygen atoms in total. The number of rotatable bonds is 5. The Hall–Kier alpha value is -2.60. The minimum absolute atomic E-state index is 0.0870. The molecule has 1 aliphatic carbocycles. The van der Waals surface area contributed by atoms with E-state index in [1.54, 1.807) is 6.08 Å². The fourth-order valence-electron chi connectivity index (χ4n) is 2.41. The van der Waals surface area contributed by atoms with Gasteiger partial charge in [0.1, 0.15) is 18.0 Å². The Kier molecular flexibility index (Phi) is 6.14. The monoisotopic (exact) mass is 332 g/mol. The summed E-state index contributed by atoms with van der Waals surface area (Å²) in [6, 6.07) is 5.87. The number of carbonyl (C=O) groups is 2. The maximum atomic E-state index is 12.2. The van der Waals surface area contributed by atoms with Crippen molar-refractivity contribution in [2.24, 2.45) is 0 Å². The topological polar surface area (TPSA) is 82.1 Å². The van der Waals surface area contributed by atoms with Crippen LogP contribution >= 0.6 is 0 Å². The minimum atomic E-state index is -0.469. The highest BCUT2D eigenvalue weighted by molar-refractivity contribution is 5.89. The number of phenols is 1. The number of ether oxygens (including phenoxy) is 3. The summed E-state index contributed by atoms with van der Waals surface area (Å²) in [6.45, 7) is 0. The highest BCUT2D eigenvalue weighted by atomic mass is 16.6. The van der Waals surface area contributed by atoms with Gasteiger partial charge in [-0.05, 0) is 48.8 Å². The van der Waals surface area contributed by atoms with E-state index in [1.807, 2.05) is 6.08 Å². The van der Waals surface area contributed by atoms with Crippen LogP contribution in [0.1, 0.15) is 23.2 Å². The average Bonchev–Trinajstić information content (AvgIpc) is 2.60. The molecule has 0 heterocycles. The molecule has 128 valence electrons. The molecule has 0 saturated carbocycles. The molecule has 0 saturated heterocycles. The van der Waals surface area contributed by atoms with Crippen LogP contribution in [0.15, 0.2) is 48.1 Å². The Morgan fingerprint density at radius 2 is 1.92 bits per heavy atom. The molecule has 0 radical (unpaired) electrons. The SMILES string of the molecule is COC(=O)C=CC1=CC(OC)C(OC(=O)c2ccc(O)cc2)CC1. The average molecular weight is 332 g/mol. The Morgan fingerprint density at radius 3 is 2.54 bits per heavy atom. The number of methoxy groups -OCH3 is 2. The van der Waals surface area contributed by atoms with Crippen molar-refractivity contribution < 1.29 is 28.9 Å². The Labute approximate surface area is 140 Å². The number of aromatic hydroxyl groups is 1. The molecule has 0 bridgehead atoms. The number of hydrogen-bond donors (Lipinski definition) is 1. The second kappa shape index (κ2) is 8.31. The van der Waals surface area contributed by atoms with Crippen LogP contribution in [-0.2, 0) is 19.0 Å². The largest absolute Gasteiger partial charge is 0.508 e. The molecule has 2 unspecified atom stereocenters. The normalized spacial score (nSPS) is 20.5. The first-order chi connectivity index (χ1) is 11.5. The van der Waals surface area contributed by atoms with Gasteiger partial charge in [-0.1, -0.05) is 6.08 Å². The molecule has 2 rings (SSSR count). The van der Waals surface area contributed by atoms with Gasteiger partial charge in [-0.25, -0.2) is 9.59 Å². The van der Waals surface area contributed by atoms with Crippen LogP contribution in [0.5, 0.6) is 5.75 Å². The van der Waals surface area contributed by atoms with E-state index in [4.69, 9.17) is 9.47 Å². The summed E-state index contributed by atoms with van der Waals surface area (Å²) in [5.41, 5.74) is 1.28. The van der Waals surface area contributed by atoms with E-state index in [-0.39, 0.29) is 5.75 Å². The van der Waals surface area contributed by atoms with E-state index in [0.29, 0.717) is 18.4 Å². The molecule has 24 heavy (non-hydrogen) atoms. The number of allylic oxidation sites excluding steroid dienone is 2. The van der Waals surface area contributed by atoms with E-state index in [1.165, 1.54) is 44.6 Å². The Morgan fingerprint density at radius 1 is 1.21 bits per heavy atom. The number of esters is 2. The summed E-state index contributed by atoms with van der Waals surface area (Å²) in [4.78, 5) is 23.3. The summed E-state index contributed by atoms with van der Waals surface area (Å²) >= 11 is 0. The zero-order valence-electron chi connectivity index (χ0n) is 13.6. The molecule has 0 aromatic heterocycles. The lowest BCUT2D eigenvalue weighted by Crippen LogP contribution is -2.34. The van der Waals surface area contributed by atoms with Gasteiger partial charge in [-0.3, -0.25) is 0 Å². The quantitative estimate of drug-likeness (QED) is 0.658. The van der Waals surface area contributed by atoms with Gasteiger partial charge >= 0.3 is 11.9 Å². The lowest BCUT2D eigenvalue weighted by atomic mass is 9.94. The second-order valence-electron chi connectivity index (χ2n) is 5.33. The van der Waals surface area contributed by atoms with E-state index in [2.05, 4.69) is 4.74 Å². The molecule has 1 aromatic rings. The molecule has 0 amide bonds. The van der Waals surface area contributed by atoms with Gasteiger partial charge in [-0.15, -0.1) is 0 Å². The third-order valence-corrected chi connectivity index (χ3v) is 3.73. The van der Waals surface area contributed by atoms with Gasteiger partial charge in [0.15, 0.2) is 0 Å². The van der Waals surface area contributed by atoms with Crippen LogP contribution in [0, 0.1) is 0 Å². The van der Waals surface area contributed by atoms with Crippen molar-refractivity contribution in [3.8, 4) is 5.75 Å². The zero-order valence-corrected chi connectivity index (χ0v) is 13.6. The van der Waals surface area contributed by atoms with E-state index in [0.717, 1.165) is 5.57 Å². The van der Waals surface area contributed by atoms with Gasteiger partial charge in [0, 0.05) is 13.2 Å². The first-order valence-corrected chi connectivity index (χ1v) is 7.53. The third-order valence-electron chi connectivity index (χ3n) is 3.73. The number of carbonyl (C=O) groups excluding carboxylic acids is 2. The summed E-state index contributed by atoms with van der Waals surface area (Å²) < 4.78 is 15.4. The minimum Gasteiger partial charge on any atom is -0.508 e. The predicted molar refractivity (Wildman–Crippen MR) is 86.6 cm³/mol. The maximum absolute atomic E-state index is 12.2. The van der Waals surface area contributed by atoms with Crippen LogP contribution in [-0.4, -0.2) is 43.5 Å². The lowest BCUT2D eigenvalue weighted by molar-refractivity contribution is -0.134. The van der Waals surface area contributed by atoms with Crippen LogP contribution in [0.3, 0.4) is 0 Å². The van der Waals surface area contributed by atoms with E-state index in [9.17, 15) is 14.7 Å². The number of phenolic OH excluding ortho intramolecular Hbond substituents is 1. The summed E-state index contributed by atoms with van der Waals surface area (Å²) in [6.07, 6.45) is 5.29. The van der Waals surface area contributed by atoms with Crippen molar-refractivity contribution in [1.82, 2.24) is 0 Å². The first-order valence-electron chi connectivity index (χ1n) is 7.53. The predicted octanol–water partition coefficient (Wildman–Crippen LogP) is 2.38. The molecule has 0 aliphatic heterocycles. The molecule has 0 fully saturated rings. The third kappa shape index (κ3) is 4.70. The summed E-state index contributed by atoms with van der Waals surface area (Å²) in [7, 11) is 2.86. The fourth-order valence-corrected chi connectivity index (χ4v) is 2.41. The summed E-state index contributed by atoms with van der Waals surface area (Å²) in [5, 5.41) is 9.26.